The maximum atomic E-state index is 6.57. The Kier molecular flexibility index (Phi) is 6.79. The van der Waals surface area contributed by atoms with Gasteiger partial charge in [0.2, 0.25) is 0 Å². The van der Waals surface area contributed by atoms with Crippen molar-refractivity contribution in [2.45, 2.75) is 0 Å². The fourth-order valence-electron chi connectivity index (χ4n) is 7.74. The largest absolute Gasteiger partial charge is 0.456 e. The van der Waals surface area contributed by atoms with Crippen LogP contribution in [0.25, 0.3) is 111 Å². The lowest BCUT2D eigenvalue weighted by atomic mass is 9.94. The summed E-state index contributed by atoms with van der Waals surface area (Å²) in [6, 6.07) is 60.5. The standard InChI is InChI=1S/C49H29N3O2/c1-3-12-30(13-4-1)32-22-23-34-27-35(25-24-33(34)26-32)40-28-36(29-44-46(40)38-17-8-10-20-42(38)54-44)48-50-47(31-14-5-2-6-15-31)51-49(52-48)39-18-11-21-43-45(39)37-16-7-9-19-41(37)53-43/h1-29H. The first kappa shape index (κ1) is 30.3. The van der Waals surface area contributed by atoms with Gasteiger partial charge in [0.05, 0.1) is 0 Å². The van der Waals surface area contributed by atoms with Gasteiger partial charge in [-0.25, -0.2) is 15.0 Å². The number of nitrogens with zero attached hydrogens (tertiary/aromatic N) is 3. The topological polar surface area (TPSA) is 65.0 Å². The van der Waals surface area contributed by atoms with E-state index in [9.17, 15) is 0 Å². The van der Waals surface area contributed by atoms with Gasteiger partial charge in [-0.1, -0.05) is 133 Å². The van der Waals surface area contributed by atoms with E-state index in [4.69, 9.17) is 23.8 Å². The van der Waals surface area contributed by atoms with Crippen molar-refractivity contribution in [3.05, 3.63) is 176 Å². The van der Waals surface area contributed by atoms with Gasteiger partial charge in [-0.05, 0) is 75.5 Å². The van der Waals surface area contributed by atoms with Gasteiger partial charge in [-0.15, -0.1) is 0 Å². The average molecular weight is 692 g/mol. The number of para-hydroxylation sites is 2. The lowest BCUT2D eigenvalue weighted by molar-refractivity contribution is 0.668. The van der Waals surface area contributed by atoms with E-state index in [1.54, 1.807) is 0 Å². The second-order valence-corrected chi connectivity index (χ2v) is 13.6. The van der Waals surface area contributed by atoms with Gasteiger partial charge in [-0.3, -0.25) is 0 Å². The van der Waals surface area contributed by atoms with Crippen LogP contribution in [0.4, 0.5) is 0 Å². The first-order valence-electron chi connectivity index (χ1n) is 18.0. The number of aromatic nitrogens is 3. The number of fused-ring (bicyclic) bond motifs is 7. The highest BCUT2D eigenvalue weighted by Crippen LogP contribution is 2.42. The Hall–Kier alpha value is -7.37. The van der Waals surface area contributed by atoms with Crippen LogP contribution < -0.4 is 0 Å². The lowest BCUT2D eigenvalue weighted by Gasteiger charge is -2.12. The minimum atomic E-state index is 0.556. The van der Waals surface area contributed by atoms with Crippen LogP contribution in [0.2, 0.25) is 0 Å². The van der Waals surface area contributed by atoms with E-state index in [1.807, 2.05) is 78.9 Å². The third-order valence-electron chi connectivity index (χ3n) is 10.3. The van der Waals surface area contributed by atoms with Crippen molar-refractivity contribution >= 4 is 54.6 Å². The summed E-state index contributed by atoms with van der Waals surface area (Å²) in [4.78, 5) is 15.4. The summed E-state index contributed by atoms with van der Waals surface area (Å²) >= 11 is 0. The maximum Gasteiger partial charge on any atom is 0.164 e. The highest BCUT2D eigenvalue weighted by Gasteiger charge is 2.21. The first-order chi connectivity index (χ1) is 26.7. The van der Waals surface area contributed by atoms with Crippen LogP contribution in [-0.4, -0.2) is 15.0 Å². The Balaban J connectivity index is 1.14. The van der Waals surface area contributed by atoms with E-state index < -0.39 is 0 Å². The fourth-order valence-corrected chi connectivity index (χ4v) is 7.74. The molecule has 0 spiro atoms. The molecular formula is C49H29N3O2. The number of hydrogen-bond acceptors (Lipinski definition) is 5. The molecule has 0 aliphatic heterocycles. The zero-order chi connectivity index (χ0) is 35.6. The predicted octanol–water partition coefficient (Wildman–Crippen LogP) is 13.2. The highest BCUT2D eigenvalue weighted by molar-refractivity contribution is 6.14. The second-order valence-electron chi connectivity index (χ2n) is 13.6. The van der Waals surface area contributed by atoms with E-state index in [0.717, 1.165) is 77.1 Å². The molecule has 252 valence electrons. The summed E-state index contributed by atoms with van der Waals surface area (Å²) in [6.45, 7) is 0. The zero-order valence-corrected chi connectivity index (χ0v) is 28.9. The van der Waals surface area contributed by atoms with Crippen molar-refractivity contribution in [1.82, 2.24) is 15.0 Å². The molecule has 0 bridgehead atoms. The molecule has 0 fully saturated rings. The molecule has 54 heavy (non-hydrogen) atoms. The number of furan rings is 2. The van der Waals surface area contributed by atoms with Gasteiger partial charge in [0, 0.05) is 38.2 Å². The molecular weight excluding hydrogens is 663 g/mol. The summed E-state index contributed by atoms with van der Waals surface area (Å²) in [5.74, 6) is 1.72. The summed E-state index contributed by atoms with van der Waals surface area (Å²) < 4.78 is 12.8. The molecule has 0 saturated carbocycles. The fraction of sp³-hybridized carbons (Fsp3) is 0. The molecule has 0 saturated heterocycles. The van der Waals surface area contributed by atoms with Crippen molar-refractivity contribution in [2.75, 3.05) is 0 Å². The lowest BCUT2D eigenvalue weighted by Crippen LogP contribution is -2.00. The van der Waals surface area contributed by atoms with Crippen LogP contribution in [0.3, 0.4) is 0 Å². The van der Waals surface area contributed by atoms with Crippen molar-refractivity contribution in [2.24, 2.45) is 0 Å². The van der Waals surface area contributed by atoms with Crippen LogP contribution >= 0.6 is 0 Å². The molecule has 0 radical (unpaired) electrons. The summed E-state index contributed by atoms with van der Waals surface area (Å²) in [7, 11) is 0. The Bertz CT molecular complexity index is 3220. The molecule has 5 heteroatoms. The van der Waals surface area contributed by atoms with Crippen LogP contribution in [0.5, 0.6) is 0 Å². The Morgan fingerprint density at radius 3 is 1.56 bits per heavy atom. The SMILES string of the molecule is c1ccc(-c2ccc3cc(-c4cc(-c5nc(-c6ccccc6)nc(-c6cccc7oc8ccccc8c67)n5)cc5oc6ccccc6c45)ccc3c2)cc1. The molecule has 3 aromatic heterocycles. The van der Waals surface area contributed by atoms with Crippen LogP contribution in [0.1, 0.15) is 0 Å². The van der Waals surface area contributed by atoms with Gasteiger partial charge in [0.25, 0.3) is 0 Å². The molecule has 3 heterocycles. The zero-order valence-electron chi connectivity index (χ0n) is 28.9. The molecule has 8 aromatic carbocycles. The first-order valence-corrected chi connectivity index (χ1v) is 18.0. The second kappa shape index (κ2) is 12.1. The van der Waals surface area contributed by atoms with E-state index in [1.165, 1.54) is 16.5 Å². The maximum absolute atomic E-state index is 6.57. The molecule has 0 aliphatic carbocycles. The van der Waals surface area contributed by atoms with Gasteiger partial charge in [0.15, 0.2) is 17.5 Å². The smallest absolute Gasteiger partial charge is 0.164 e. The highest BCUT2D eigenvalue weighted by atomic mass is 16.3. The van der Waals surface area contributed by atoms with E-state index >= 15 is 0 Å². The van der Waals surface area contributed by atoms with Gasteiger partial charge < -0.3 is 8.83 Å². The van der Waals surface area contributed by atoms with E-state index in [2.05, 4.69) is 97.1 Å². The average Bonchev–Trinajstić information content (AvgIpc) is 3.82. The monoisotopic (exact) mass is 691 g/mol. The van der Waals surface area contributed by atoms with Crippen LogP contribution in [0.15, 0.2) is 185 Å². The third kappa shape index (κ3) is 4.98. The molecule has 5 nitrogen and oxygen atoms in total. The van der Waals surface area contributed by atoms with E-state index in [0.29, 0.717) is 17.5 Å². The number of rotatable bonds is 5. The van der Waals surface area contributed by atoms with E-state index in [-0.39, 0.29) is 0 Å². The summed E-state index contributed by atoms with van der Waals surface area (Å²) in [5.41, 5.74) is 10.4. The summed E-state index contributed by atoms with van der Waals surface area (Å²) in [6.07, 6.45) is 0. The molecule has 11 rings (SSSR count). The van der Waals surface area contributed by atoms with Gasteiger partial charge in [0.1, 0.15) is 22.3 Å². The Morgan fingerprint density at radius 1 is 0.296 bits per heavy atom. The number of benzene rings is 8. The molecule has 0 N–H and O–H groups in total. The minimum absolute atomic E-state index is 0.556. The van der Waals surface area contributed by atoms with Gasteiger partial charge >= 0.3 is 0 Å². The molecule has 0 unspecified atom stereocenters. The van der Waals surface area contributed by atoms with Crippen LogP contribution in [-0.2, 0) is 0 Å². The minimum Gasteiger partial charge on any atom is -0.456 e. The molecule has 11 aromatic rings. The predicted molar refractivity (Wildman–Crippen MR) is 219 cm³/mol. The van der Waals surface area contributed by atoms with Crippen molar-refractivity contribution < 1.29 is 8.83 Å². The molecule has 0 atom stereocenters. The molecule has 0 amide bonds. The van der Waals surface area contributed by atoms with Crippen molar-refractivity contribution in [3.63, 3.8) is 0 Å². The van der Waals surface area contributed by atoms with Crippen molar-refractivity contribution in [1.29, 1.82) is 0 Å². The third-order valence-corrected chi connectivity index (χ3v) is 10.3. The van der Waals surface area contributed by atoms with Crippen molar-refractivity contribution in [3.8, 4) is 56.4 Å². The van der Waals surface area contributed by atoms with Gasteiger partial charge in [-0.2, -0.15) is 0 Å². The van der Waals surface area contributed by atoms with Crippen LogP contribution in [0, 0.1) is 0 Å². The summed E-state index contributed by atoms with van der Waals surface area (Å²) in [5, 5.41) is 6.46. The Morgan fingerprint density at radius 2 is 0.833 bits per heavy atom. The number of hydrogen-bond donors (Lipinski definition) is 0. The normalized spacial score (nSPS) is 11.7. The molecule has 0 aliphatic rings. The quantitative estimate of drug-likeness (QED) is 0.180. The Labute approximate surface area is 309 Å².